The monoisotopic (exact) mass is 203 g/mol. The molecule has 0 aliphatic carbocycles. The van der Waals surface area contributed by atoms with Crippen molar-refractivity contribution in [2.24, 2.45) is 0 Å². The fourth-order valence-electron chi connectivity index (χ4n) is 1.04. The molecule has 0 saturated carbocycles. The van der Waals surface area contributed by atoms with Gasteiger partial charge in [0.1, 0.15) is 5.54 Å². The Bertz CT molecular complexity index is 184. The highest BCUT2D eigenvalue weighted by Gasteiger charge is 2.31. The van der Waals surface area contributed by atoms with E-state index in [2.05, 4.69) is 12.2 Å². The van der Waals surface area contributed by atoms with Gasteiger partial charge in [-0.15, -0.1) is 0 Å². The van der Waals surface area contributed by atoms with Crippen LogP contribution in [0, 0.1) is 0 Å². The number of aliphatic carboxylic acids is 1. The van der Waals surface area contributed by atoms with E-state index in [4.69, 9.17) is 9.84 Å². The molecule has 0 radical (unpaired) electrons. The normalized spacial score (nSPS) is 17.4. The van der Waals surface area contributed by atoms with Crippen molar-refractivity contribution in [2.45, 2.75) is 45.3 Å². The fourth-order valence-corrected chi connectivity index (χ4v) is 1.04. The van der Waals surface area contributed by atoms with E-state index in [1.54, 1.807) is 14.0 Å². The van der Waals surface area contributed by atoms with Crippen LogP contribution in [0.25, 0.3) is 0 Å². The summed E-state index contributed by atoms with van der Waals surface area (Å²) in [6, 6.07) is 0. The summed E-state index contributed by atoms with van der Waals surface area (Å²) < 4.78 is 5.46. The first kappa shape index (κ1) is 13.4. The number of carbonyl (C=O) groups is 1. The van der Waals surface area contributed by atoms with Gasteiger partial charge in [0, 0.05) is 0 Å². The average molecular weight is 203 g/mol. The van der Waals surface area contributed by atoms with Crippen molar-refractivity contribution < 1.29 is 14.6 Å². The number of carboxylic acids is 1. The SMILES string of the molecule is CCCC(C)OCC(C)(NC)C(=O)O. The van der Waals surface area contributed by atoms with Crippen molar-refractivity contribution in [2.75, 3.05) is 13.7 Å². The van der Waals surface area contributed by atoms with Gasteiger partial charge in [-0.1, -0.05) is 13.3 Å². The number of likely N-dealkylation sites (N-methyl/N-ethyl adjacent to an activating group) is 1. The molecule has 4 heteroatoms. The molecule has 0 saturated heterocycles. The maximum absolute atomic E-state index is 10.9. The van der Waals surface area contributed by atoms with Gasteiger partial charge in [-0.2, -0.15) is 0 Å². The van der Waals surface area contributed by atoms with Crippen molar-refractivity contribution in [3.8, 4) is 0 Å². The Balaban J connectivity index is 4.01. The van der Waals surface area contributed by atoms with Gasteiger partial charge < -0.3 is 15.2 Å². The molecule has 0 aliphatic rings. The van der Waals surface area contributed by atoms with Gasteiger partial charge in [0.15, 0.2) is 0 Å². The largest absolute Gasteiger partial charge is 0.480 e. The predicted molar refractivity (Wildman–Crippen MR) is 55.4 cm³/mol. The number of carboxylic acid groups (broad SMARTS) is 1. The molecule has 0 rings (SSSR count). The summed E-state index contributed by atoms with van der Waals surface area (Å²) >= 11 is 0. The molecule has 0 spiro atoms. The van der Waals surface area contributed by atoms with Crippen LogP contribution in [0.2, 0.25) is 0 Å². The van der Waals surface area contributed by atoms with E-state index in [-0.39, 0.29) is 12.7 Å². The molecule has 0 aromatic heterocycles. The lowest BCUT2D eigenvalue weighted by Gasteiger charge is -2.25. The molecule has 0 amide bonds. The highest BCUT2D eigenvalue weighted by molar-refractivity contribution is 5.78. The summed E-state index contributed by atoms with van der Waals surface area (Å²) in [7, 11) is 1.63. The zero-order chi connectivity index (χ0) is 11.2. The summed E-state index contributed by atoms with van der Waals surface area (Å²) in [6.45, 7) is 5.85. The van der Waals surface area contributed by atoms with Gasteiger partial charge in [0.2, 0.25) is 0 Å². The maximum Gasteiger partial charge on any atom is 0.326 e. The summed E-state index contributed by atoms with van der Waals surface area (Å²) in [5.74, 6) is -0.885. The number of hydrogen-bond donors (Lipinski definition) is 2. The van der Waals surface area contributed by atoms with E-state index in [1.165, 1.54) is 0 Å². The van der Waals surface area contributed by atoms with Crippen molar-refractivity contribution in [3.05, 3.63) is 0 Å². The smallest absolute Gasteiger partial charge is 0.326 e. The van der Waals surface area contributed by atoms with Crippen LogP contribution >= 0.6 is 0 Å². The topological polar surface area (TPSA) is 58.6 Å². The van der Waals surface area contributed by atoms with Crippen LogP contribution in [-0.2, 0) is 9.53 Å². The molecule has 0 aromatic rings. The van der Waals surface area contributed by atoms with Crippen molar-refractivity contribution in [1.29, 1.82) is 0 Å². The zero-order valence-electron chi connectivity index (χ0n) is 9.46. The number of rotatable bonds is 7. The first-order valence-corrected chi connectivity index (χ1v) is 5.00. The van der Waals surface area contributed by atoms with Gasteiger partial charge in [0.25, 0.3) is 0 Å². The van der Waals surface area contributed by atoms with Crippen LogP contribution in [0.4, 0.5) is 0 Å². The molecule has 0 aliphatic heterocycles. The summed E-state index contributed by atoms with van der Waals surface area (Å²) in [5.41, 5.74) is -0.984. The third-order valence-electron chi connectivity index (χ3n) is 2.38. The molecule has 4 nitrogen and oxygen atoms in total. The average Bonchev–Trinajstić information content (AvgIpc) is 2.14. The van der Waals surface area contributed by atoms with E-state index in [0.29, 0.717) is 0 Å². The van der Waals surface area contributed by atoms with E-state index in [1.807, 2.05) is 6.92 Å². The Hall–Kier alpha value is -0.610. The number of hydrogen-bond acceptors (Lipinski definition) is 3. The van der Waals surface area contributed by atoms with Crippen LogP contribution in [0.1, 0.15) is 33.6 Å². The minimum absolute atomic E-state index is 0.118. The molecule has 0 fully saturated rings. The van der Waals surface area contributed by atoms with Crippen molar-refractivity contribution in [1.82, 2.24) is 5.32 Å². The van der Waals surface area contributed by atoms with Crippen molar-refractivity contribution in [3.63, 3.8) is 0 Å². The number of ether oxygens (including phenoxy) is 1. The molecular weight excluding hydrogens is 182 g/mol. The maximum atomic E-state index is 10.9. The van der Waals surface area contributed by atoms with E-state index < -0.39 is 11.5 Å². The zero-order valence-corrected chi connectivity index (χ0v) is 9.46. The minimum Gasteiger partial charge on any atom is -0.480 e. The first-order valence-electron chi connectivity index (χ1n) is 5.00. The van der Waals surface area contributed by atoms with Crippen LogP contribution < -0.4 is 5.32 Å². The second-order valence-electron chi connectivity index (χ2n) is 3.80. The lowest BCUT2D eigenvalue weighted by molar-refractivity contribution is -0.147. The van der Waals surface area contributed by atoms with Gasteiger partial charge in [-0.05, 0) is 27.3 Å². The molecule has 2 atom stereocenters. The van der Waals surface area contributed by atoms with Crippen LogP contribution in [-0.4, -0.2) is 36.4 Å². The Morgan fingerprint density at radius 1 is 1.64 bits per heavy atom. The molecule has 0 aromatic carbocycles. The lowest BCUT2D eigenvalue weighted by Crippen LogP contribution is -2.51. The number of nitrogens with one attached hydrogen (secondary N) is 1. The highest BCUT2D eigenvalue weighted by atomic mass is 16.5. The van der Waals surface area contributed by atoms with Gasteiger partial charge in [-0.25, -0.2) is 0 Å². The van der Waals surface area contributed by atoms with E-state index >= 15 is 0 Å². The van der Waals surface area contributed by atoms with Gasteiger partial charge >= 0.3 is 5.97 Å². The second-order valence-corrected chi connectivity index (χ2v) is 3.80. The third-order valence-corrected chi connectivity index (χ3v) is 2.38. The summed E-state index contributed by atoms with van der Waals surface area (Å²) in [6.07, 6.45) is 2.12. The van der Waals surface area contributed by atoms with Crippen LogP contribution in [0.3, 0.4) is 0 Å². The van der Waals surface area contributed by atoms with E-state index in [9.17, 15) is 4.79 Å². The Kier molecular flexibility index (Phi) is 5.72. The fraction of sp³-hybridized carbons (Fsp3) is 0.900. The Labute approximate surface area is 85.6 Å². The molecule has 14 heavy (non-hydrogen) atoms. The molecule has 0 bridgehead atoms. The quantitative estimate of drug-likeness (QED) is 0.654. The Morgan fingerprint density at radius 2 is 2.21 bits per heavy atom. The molecular formula is C10H21NO3. The first-order chi connectivity index (χ1) is 6.46. The lowest BCUT2D eigenvalue weighted by atomic mass is 10.1. The standard InChI is InChI=1S/C10H21NO3/c1-5-6-8(2)14-7-10(3,11-4)9(12)13/h8,11H,5-7H2,1-4H3,(H,12,13). The van der Waals surface area contributed by atoms with Gasteiger partial charge in [0.05, 0.1) is 12.7 Å². The minimum atomic E-state index is -0.984. The van der Waals surface area contributed by atoms with E-state index in [0.717, 1.165) is 12.8 Å². The van der Waals surface area contributed by atoms with Gasteiger partial charge in [-0.3, -0.25) is 4.79 Å². The highest BCUT2D eigenvalue weighted by Crippen LogP contribution is 2.08. The summed E-state index contributed by atoms with van der Waals surface area (Å²) in [4.78, 5) is 10.9. The van der Waals surface area contributed by atoms with Crippen LogP contribution in [0.15, 0.2) is 0 Å². The summed E-state index contributed by atoms with van der Waals surface area (Å²) in [5, 5.41) is 11.7. The molecule has 2 N–H and O–H groups in total. The molecule has 84 valence electrons. The van der Waals surface area contributed by atoms with Crippen molar-refractivity contribution >= 4 is 5.97 Å². The predicted octanol–water partition coefficient (Wildman–Crippen LogP) is 1.25. The molecule has 2 unspecified atom stereocenters. The molecule has 0 heterocycles. The second kappa shape index (κ2) is 5.98. The third kappa shape index (κ3) is 4.07. The van der Waals surface area contributed by atoms with Crippen LogP contribution in [0.5, 0.6) is 0 Å². The Morgan fingerprint density at radius 3 is 2.57 bits per heavy atom.